The summed E-state index contributed by atoms with van der Waals surface area (Å²) in [5, 5.41) is 7.47. The molecule has 198 valence electrons. The third kappa shape index (κ3) is 4.48. The van der Waals surface area contributed by atoms with Gasteiger partial charge in [-0.3, -0.25) is 13.9 Å². The zero-order chi connectivity index (χ0) is 26.6. The molecule has 2 N–H and O–H groups in total. The molecule has 2 aliphatic rings. The molecular formula is C28H32N6O3S. The number of benzene rings is 2. The number of amides is 1. The molecule has 0 radical (unpaired) electrons. The van der Waals surface area contributed by atoms with Crippen LogP contribution >= 0.6 is 11.3 Å². The monoisotopic (exact) mass is 532 g/mol. The van der Waals surface area contributed by atoms with Gasteiger partial charge in [-0.1, -0.05) is 23.5 Å². The van der Waals surface area contributed by atoms with Gasteiger partial charge in [0.15, 0.2) is 5.13 Å². The number of aromatic nitrogens is 3. The van der Waals surface area contributed by atoms with E-state index in [1.807, 2.05) is 38.1 Å². The SMILES string of the molecule is Cn1c(=O)n(C)c2cc(Nc3cccc(CC4COCCN4c4nc5c(s4)C(=O)NC(C)(C)C5)c3)ccc21. The minimum Gasteiger partial charge on any atom is -0.377 e. The molecule has 2 aromatic heterocycles. The largest absolute Gasteiger partial charge is 0.377 e. The molecule has 2 aliphatic heterocycles. The topological polar surface area (TPSA) is 93.4 Å². The van der Waals surface area contributed by atoms with Gasteiger partial charge in [-0.05, 0) is 56.2 Å². The Hall–Kier alpha value is -3.63. The Kier molecular flexibility index (Phi) is 6.03. The highest BCUT2D eigenvalue weighted by Gasteiger charge is 2.35. The Balaban J connectivity index is 1.22. The molecular weight excluding hydrogens is 500 g/mol. The van der Waals surface area contributed by atoms with Gasteiger partial charge < -0.3 is 20.3 Å². The molecule has 1 unspecified atom stereocenters. The number of hydrogen-bond donors (Lipinski definition) is 2. The molecule has 2 aromatic carbocycles. The van der Waals surface area contributed by atoms with Crippen LogP contribution in [0, 0.1) is 0 Å². The van der Waals surface area contributed by atoms with Crippen LogP contribution in [0.25, 0.3) is 11.0 Å². The van der Waals surface area contributed by atoms with Crippen molar-refractivity contribution in [2.75, 3.05) is 30.0 Å². The molecule has 4 aromatic rings. The van der Waals surface area contributed by atoms with Gasteiger partial charge >= 0.3 is 5.69 Å². The van der Waals surface area contributed by atoms with Gasteiger partial charge in [-0.15, -0.1) is 0 Å². The van der Waals surface area contributed by atoms with Crippen molar-refractivity contribution >= 4 is 44.8 Å². The zero-order valence-electron chi connectivity index (χ0n) is 22.1. The molecule has 38 heavy (non-hydrogen) atoms. The molecule has 0 aliphatic carbocycles. The maximum absolute atomic E-state index is 12.7. The van der Waals surface area contributed by atoms with Crippen molar-refractivity contribution in [3.05, 3.63) is 69.1 Å². The van der Waals surface area contributed by atoms with Crippen LogP contribution in [-0.2, 0) is 31.7 Å². The predicted octanol–water partition coefficient (Wildman–Crippen LogP) is 3.59. The highest BCUT2D eigenvalue weighted by atomic mass is 32.1. The molecule has 4 heterocycles. The summed E-state index contributed by atoms with van der Waals surface area (Å²) in [7, 11) is 3.58. The average molecular weight is 533 g/mol. The van der Waals surface area contributed by atoms with Gasteiger partial charge in [0, 0.05) is 44.0 Å². The molecule has 1 saturated heterocycles. The van der Waals surface area contributed by atoms with Crippen molar-refractivity contribution in [2.24, 2.45) is 14.1 Å². The van der Waals surface area contributed by atoms with Crippen LogP contribution in [0.1, 0.15) is 34.8 Å². The van der Waals surface area contributed by atoms with Crippen molar-refractivity contribution < 1.29 is 9.53 Å². The minimum absolute atomic E-state index is 0.0302. The molecule has 9 nitrogen and oxygen atoms in total. The third-order valence-electron chi connectivity index (χ3n) is 7.39. The Bertz CT molecular complexity index is 1600. The Morgan fingerprint density at radius 2 is 1.89 bits per heavy atom. The number of carbonyl (C=O) groups excluding carboxylic acids is 1. The molecule has 0 bridgehead atoms. The van der Waals surface area contributed by atoms with Gasteiger partial charge in [0.05, 0.1) is 36.0 Å². The summed E-state index contributed by atoms with van der Waals surface area (Å²) in [6, 6.07) is 14.5. The lowest BCUT2D eigenvalue weighted by atomic mass is 9.94. The van der Waals surface area contributed by atoms with E-state index in [4.69, 9.17) is 9.72 Å². The molecule has 0 saturated carbocycles. The predicted molar refractivity (Wildman–Crippen MR) is 151 cm³/mol. The summed E-state index contributed by atoms with van der Waals surface area (Å²) in [5.74, 6) is -0.0302. The first-order valence-electron chi connectivity index (χ1n) is 12.9. The smallest absolute Gasteiger partial charge is 0.328 e. The Morgan fingerprint density at radius 3 is 2.74 bits per heavy atom. The van der Waals surface area contributed by atoms with Crippen molar-refractivity contribution in [3.63, 3.8) is 0 Å². The second-order valence-electron chi connectivity index (χ2n) is 10.8. The van der Waals surface area contributed by atoms with E-state index in [9.17, 15) is 9.59 Å². The van der Waals surface area contributed by atoms with Gasteiger partial charge in [0.25, 0.3) is 5.91 Å². The second-order valence-corrected chi connectivity index (χ2v) is 11.8. The summed E-state index contributed by atoms with van der Waals surface area (Å²) >= 11 is 1.48. The zero-order valence-corrected chi connectivity index (χ0v) is 22.9. The molecule has 6 rings (SSSR count). The van der Waals surface area contributed by atoms with Crippen LogP contribution in [0.4, 0.5) is 16.5 Å². The van der Waals surface area contributed by atoms with Crippen molar-refractivity contribution in [3.8, 4) is 0 Å². The fourth-order valence-electron chi connectivity index (χ4n) is 5.46. The number of nitrogens with one attached hydrogen (secondary N) is 2. The summed E-state index contributed by atoms with van der Waals surface area (Å²) in [5.41, 5.74) is 5.45. The van der Waals surface area contributed by atoms with Gasteiger partial charge in [0.2, 0.25) is 0 Å². The average Bonchev–Trinajstić information content (AvgIpc) is 3.39. The first kappa shape index (κ1) is 24.7. The van der Waals surface area contributed by atoms with E-state index in [2.05, 4.69) is 33.7 Å². The second kappa shape index (κ2) is 9.28. The highest BCUT2D eigenvalue weighted by Crippen LogP contribution is 2.34. The molecule has 1 amide bonds. The highest BCUT2D eigenvalue weighted by molar-refractivity contribution is 7.17. The van der Waals surface area contributed by atoms with Gasteiger partial charge in [-0.25, -0.2) is 9.78 Å². The van der Waals surface area contributed by atoms with E-state index >= 15 is 0 Å². The van der Waals surface area contributed by atoms with E-state index in [0.717, 1.165) is 57.5 Å². The van der Waals surface area contributed by atoms with Crippen molar-refractivity contribution in [2.45, 2.75) is 38.3 Å². The number of morpholine rings is 1. The maximum atomic E-state index is 12.7. The lowest BCUT2D eigenvalue weighted by Gasteiger charge is -2.35. The quantitative estimate of drug-likeness (QED) is 0.408. The number of aryl methyl sites for hydroxylation is 2. The number of fused-ring (bicyclic) bond motifs is 2. The van der Waals surface area contributed by atoms with Gasteiger partial charge in [0.1, 0.15) is 4.88 Å². The van der Waals surface area contributed by atoms with Gasteiger partial charge in [-0.2, -0.15) is 0 Å². The molecule has 1 atom stereocenters. The Morgan fingerprint density at radius 1 is 1.11 bits per heavy atom. The van der Waals surface area contributed by atoms with Crippen molar-refractivity contribution in [1.82, 2.24) is 19.4 Å². The first-order valence-corrected chi connectivity index (χ1v) is 13.7. The number of carbonyl (C=O) groups is 1. The summed E-state index contributed by atoms with van der Waals surface area (Å²) in [6.07, 6.45) is 1.53. The van der Waals surface area contributed by atoms with Crippen molar-refractivity contribution in [1.29, 1.82) is 0 Å². The number of thiazole rings is 1. The number of ether oxygens (including phenoxy) is 1. The van der Waals surface area contributed by atoms with E-state index in [1.54, 1.807) is 23.2 Å². The van der Waals surface area contributed by atoms with E-state index in [-0.39, 0.29) is 23.2 Å². The van der Waals surface area contributed by atoms with Crippen LogP contribution in [0.3, 0.4) is 0 Å². The number of rotatable bonds is 5. The molecule has 0 spiro atoms. The summed E-state index contributed by atoms with van der Waals surface area (Å²) in [6.45, 7) is 6.06. The Labute approximate surface area is 225 Å². The fraction of sp³-hybridized carbons (Fsp3) is 0.393. The number of anilines is 3. The maximum Gasteiger partial charge on any atom is 0.328 e. The number of hydrogen-bond acceptors (Lipinski definition) is 7. The van der Waals surface area contributed by atoms with Crippen LogP contribution in [-0.4, -0.2) is 51.4 Å². The van der Waals surface area contributed by atoms with Crippen LogP contribution in [0.5, 0.6) is 0 Å². The lowest BCUT2D eigenvalue weighted by Crippen LogP contribution is -2.48. The summed E-state index contributed by atoms with van der Waals surface area (Å²) in [4.78, 5) is 32.9. The molecule has 1 fully saturated rings. The summed E-state index contributed by atoms with van der Waals surface area (Å²) < 4.78 is 9.18. The van der Waals surface area contributed by atoms with E-state index < -0.39 is 0 Å². The van der Waals surface area contributed by atoms with E-state index in [1.165, 1.54) is 16.9 Å². The minimum atomic E-state index is -0.285. The fourth-order valence-corrected chi connectivity index (χ4v) is 6.54. The third-order valence-corrected chi connectivity index (χ3v) is 8.52. The van der Waals surface area contributed by atoms with Crippen LogP contribution in [0.2, 0.25) is 0 Å². The lowest BCUT2D eigenvalue weighted by molar-refractivity contribution is 0.0900. The number of imidazole rings is 1. The molecule has 10 heteroatoms. The number of nitrogens with zero attached hydrogens (tertiary/aromatic N) is 4. The van der Waals surface area contributed by atoms with Crippen LogP contribution in [0.15, 0.2) is 47.3 Å². The van der Waals surface area contributed by atoms with Crippen LogP contribution < -0.4 is 21.2 Å². The normalized spacial score (nSPS) is 18.9. The standard InChI is InChI=1S/C28H32N6O3S/c1-28(2)15-21-24(25(35)31-28)38-26(30-21)34-10-11-37-16-20(34)13-17-6-5-7-18(12-17)29-19-8-9-22-23(14-19)33(4)27(36)32(22)3/h5-9,12,14,20,29H,10-11,13,15-16H2,1-4H3,(H,31,35). The first-order chi connectivity index (χ1) is 18.2. The van der Waals surface area contributed by atoms with E-state index in [0.29, 0.717) is 13.2 Å².